The molecule has 1 fully saturated rings. The van der Waals surface area contributed by atoms with E-state index in [2.05, 4.69) is 15.3 Å². The van der Waals surface area contributed by atoms with Crippen molar-refractivity contribution in [3.8, 4) is 0 Å². The van der Waals surface area contributed by atoms with Crippen molar-refractivity contribution in [2.45, 2.75) is 38.0 Å². The number of fused-ring (bicyclic) bond motifs is 1. The van der Waals surface area contributed by atoms with Crippen LogP contribution in [0.15, 0.2) is 24.5 Å². The fourth-order valence-corrected chi connectivity index (χ4v) is 3.03. The quantitative estimate of drug-likeness (QED) is 0.796. The van der Waals surface area contributed by atoms with Gasteiger partial charge in [-0.25, -0.2) is 4.98 Å². The smallest absolute Gasteiger partial charge is 0.223 e. The molecule has 3 atom stereocenters. The van der Waals surface area contributed by atoms with Crippen LogP contribution in [-0.2, 0) is 16.1 Å². The van der Waals surface area contributed by atoms with Crippen LogP contribution in [0.25, 0.3) is 11.0 Å². The van der Waals surface area contributed by atoms with Gasteiger partial charge in [0.25, 0.3) is 0 Å². The number of aliphatic hydroxyl groups is 1. The third-order valence-electron chi connectivity index (χ3n) is 4.38. The summed E-state index contributed by atoms with van der Waals surface area (Å²) >= 11 is 0. The molecule has 1 aromatic heterocycles. The lowest BCUT2D eigenvalue weighted by molar-refractivity contribution is -0.130. The van der Waals surface area contributed by atoms with Crippen molar-refractivity contribution in [1.82, 2.24) is 15.3 Å². The lowest BCUT2D eigenvalue weighted by Gasteiger charge is -2.31. The van der Waals surface area contributed by atoms with Crippen molar-refractivity contribution in [1.29, 1.82) is 0 Å². The highest BCUT2D eigenvalue weighted by atomic mass is 16.5. The summed E-state index contributed by atoms with van der Waals surface area (Å²) in [6, 6.07) is 5.89. The number of nitrogens with zero attached hydrogens (tertiary/aromatic N) is 1. The van der Waals surface area contributed by atoms with E-state index in [1.165, 1.54) is 0 Å². The Bertz CT molecular complexity index is 655. The monoisotopic (exact) mass is 303 g/mol. The normalized spacial score (nSPS) is 25.3. The first kappa shape index (κ1) is 15.0. The average Bonchev–Trinajstić information content (AvgIpc) is 3.00. The molecule has 3 rings (SSSR count). The Hall–Kier alpha value is -1.92. The number of nitrogens with one attached hydrogen (secondary N) is 2. The van der Waals surface area contributed by atoms with Gasteiger partial charge in [-0.3, -0.25) is 4.79 Å². The number of aromatic nitrogens is 2. The molecular formula is C16H21N3O3. The standard InChI is InChI=1S/C16H21N3O3/c1-22-15-7-11(3-5-14(15)20)16(21)17-8-10-2-4-12-13(6-10)19-9-18-12/h2,4,6,9,11,14-15,20H,3,5,7-8H2,1H3,(H,17,21)(H,18,19)/t11-,14+,15-/m1/s1. The van der Waals surface area contributed by atoms with Gasteiger partial charge in [0, 0.05) is 19.6 Å². The van der Waals surface area contributed by atoms with Crippen molar-refractivity contribution < 1.29 is 14.6 Å². The van der Waals surface area contributed by atoms with Gasteiger partial charge in [0.15, 0.2) is 0 Å². The Balaban J connectivity index is 1.57. The minimum Gasteiger partial charge on any atom is -0.390 e. The Kier molecular flexibility index (Phi) is 4.40. The molecule has 3 N–H and O–H groups in total. The van der Waals surface area contributed by atoms with Crippen LogP contribution in [0, 0.1) is 5.92 Å². The number of hydrogen-bond acceptors (Lipinski definition) is 4. The highest BCUT2D eigenvalue weighted by molar-refractivity contribution is 5.79. The fourth-order valence-electron chi connectivity index (χ4n) is 3.03. The summed E-state index contributed by atoms with van der Waals surface area (Å²) in [4.78, 5) is 19.5. The zero-order valence-corrected chi connectivity index (χ0v) is 12.6. The molecule has 118 valence electrons. The summed E-state index contributed by atoms with van der Waals surface area (Å²) in [5.74, 6) is -0.0668. The zero-order chi connectivity index (χ0) is 15.5. The number of rotatable bonds is 4. The van der Waals surface area contributed by atoms with E-state index in [0.717, 1.165) is 16.6 Å². The van der Waals surface area contributed by atoms with Crippen molar-refractivity contribution in [2.24, 2.45) is 5.92 Å². The number of methoxy groups -OCH3 is 1. The first-order valence-electron chi connectivity index (χ1n) is 7.58. The molecule has 1 saturated carbocycles. The van der Waals surface area contributed by atoms with Crippen molar-refractivity contribution in [2.75, 3.05) is 7.11 Å². The van der Waals surface area contributed by atoms with Gasteiger partial charge in [0.2, 0.25) is 5.91 Å². The average molecular weight is 303 g/mol. The molecule has 0 radical (unpaired) electrons. The highest BCUT2D eigenvalue weighted by Crippen LogP contribution is 2.26. The number of hydrogen-bond donors (Lipinski definition) is 3. The maximum Gasteiger partial charge on any atom is 0.223 e. The van der Waals surface area contributed by atoms with Crippen LogP contribution in [0.2, 0.25) is 0 Å². The number of aromatic amines is 1. The van der Waals surface area contributed by atoms with E-state index in [1.54, 1.807) is 13.4 Å². The number of aliphatic hydroxyl groups excluding tert-OH is 1. The molecule has 0 unspecified atom stereocenters. The van der Waals surface area contributed by atoms with Gasteiger partial charge < -0.3 is 20.1 Å². The number of carbonyl (C=O) groups is 1. The number of carbonyl (C=O) groups excluding carboxylic acids is 1. The molecule has 1 amide bonds. The molecule has 1 aromatic carbocycles. The third kappa shape index (κ3) is 3.13. The third-order valence-corrected chi connectivity index (χ3v) is 4.38. The van der Waals surface area contributed by atoms with Gasteiger partial charge >= 0.3 is 0 Å². The molecule has 1 heterocycles. The first-order chi connectivity index (χ1) is 10.7. The molecule has 22 heavy (non-hydrogen) atoms. The first-order valence-corrected chi connectivity index (χ1v) is 7.58. The summed E-state index contributed by atoms with van der Waals surface area (Å²) in [7, 11) is 1.58. The number of benzene rings is 1. The van der Waals surface area contributed by atoms with Gasteiger partial charge in [0.1, 0.15) is 0 Å². The van der Waals surface area contributed by atoms with Gasteiger partial charge in [-0.2, -0.15) is 0 Å². The molecule has 0 bridgehead atoms. The maximum atomic E-state index is 12.3. The van der Waals surface area contributed by atoms with Crippen LogP contribution in [0.4, 0.5) is 0 Å². The molecule has 1 aliphatic rings. The SMILES string of the molecule is CO[C@@H]1C[C@H](C(=O)NCc2ccc3nc[nH]c3c2)CC[C@@H]1O. The van der Waals surface area contributed by atoms with E-state index < -0.39 is 6.10 Å². The molecule has 6 nitrogen and oxygen atoms in total. The van der Waals surface area contributed by atoms with E-state index in [4.69, 9.17) is 4.74 Å². The van der Waals surface area contributed by atoms with E-state index in [-0.39, 0.29) is 17.9 Å². The second kappa shape index (κ2) is 6.46. The van der Waals surface area contributed by atoms with E-state index >= 15 is 0 Å². The summed E-state index contributed by atoms with van der Waals surface area (Å²) in [6.45, 7) is 0.491. The summed E-state index contributed by atoms with van der Waals surface area (Å²) in [5, 5.41) is 12.8. The van der Waals surface area contributed by atoms with E-state index in [9.17, 15) is 9.90 Å². The lowest BCUT2D eigenvalue weighted by atomic mass is 9.84. The summed E-state index contributed by atoms with van der Waals surface area (Å²) < 4.78 is 5.24. The van der Waals surface area contributed by atoms with E-state index in [1.807, 2.05) is 18.2 Å². The molecule has 0 saturated heterocycles. The molecule has 2 aromatic rings. The Morgan fingerprint density at radius 3 is 3.18 bits per heavy atom. The van der Waals surface area contributed by atoms with Crippen LogP contribution >= 0.6 is 0 Å². The van der Waals surface area contributed by atoms with Gasteiger partial charge in [-0.15, -0.1) is 0 Å². The minimum absolute atomic E-state index is 0.0265. The summed E-state index contributed by atoms with van der Waals surface area (Å²) in [6.07, 6.45) is 2.83. The molecule has 0 spiro atoms. The molecule has 0 aliphatic heterocycles. The largest absolute Gasteiger partial charge is 0.390 e. The second-order valence-corrected chi connectivity index (χ2v) is 5.82. The highest BCUT2D eigenvalue weighted by Gasteiger charge is 2.32. The van der Waals surface area contributed by atoms with Crippen molar-refractivity contribution in [3.05, 3.63) is 30.1 Å². The zero-order valence-electron chi connectivity index (χ0n) is 12.6. The van der Waals surface area contributed by atoms with Gasteiger partial charge in [-0.05, 0) is 37.0 Å². The molecule has 6 heteroatoms. The van der Waals surface area contributed by atoms with Crippen LogP contribution in [0.3, 0.4) is 0 Å². The van der Waals surface area contributed by atoms with Gasteiger partial charge in [-0.1, -0.05) is 6.07 Å². The molecular weight excluding hydrogens is 282 g/mol. The number of imidazole rings is 1. The Morgan fingerprint density at radius 1 is 1.50 bits per heavy atom. The number of ether oxygens (including phenoxy) is 1. The van der Waals surface area contributed by atoms with Crippen LogP contribution in [0.5, 0.6) is 0 Å². The van der Waals surface area contributed by atoms with E-state index in [0.29, 0.717) is 25.8 Å². The van der Waals surface area contributed by atoms with Crippen molar-refractivity contribution >= 4 is 16.9 Å². The van der Waals surface area contributed by atoms with Crippen LogP contribution in [0.1, 0.15) is 24.8 Å². The van der Waals surface area contributed by atoms with Crippen LogP contribution in [-0.4, -0.2) is 40.3 Å². The molecule has 1 aliphatic carbocycles. The van der Waals surface area contributed by atoms with Crippen LogP contribution < -0.4 is 5.32 Å². The lowest BCUT2D eigenvalue weighted by Crippen LogP contribution is -2.41. The fraction of sp³-hybridized carbons (Fsp3) is 0.500. The second-order valence-electron chi connectivity index (χ2n) is 5.82. The number of H-pyrrole nitrogens is 1. The topological polar surface area (TPSA) is 87.2 Å². The van der Waals surface area contributed by atoms with Gasteiger partial charge in [0.05, 0.1) is 29.6 Å². The maximum absolute atomic E-state index is 12.3. The Morgan fingerprint density at radius 2 is 2.36 bits per heavy atom. The van der Waals surface area contributed by atoms with Crippen molar-refractivity contribution in [3.63, 3.8) is 0 Å². The minimum atomic E-state index is -0.461. The predicted octanol–water partition coefficient (Wildman–Crippen LogP) is 1.36. The Labute approximate surface area is 128 Å². The predicted molar refractivity (Wildman–Crippen MR) is 82.1 cm³/mol. The summed E-state index contributed by atoms with van der Waals surface area (Å²) in [5.41, 5.74) is 2.91. The number of amides is 1.